The van der Waals surface area contributed by atoms with Crippen molar-refractivity contribution >= 4 is 28.1 Å². The number of nitrogens with one attached hydrogen (secondary N) is 1. The maximum absolute atomic E-state index is 12.6. The van der Waals surface area contributed by atoms with Gasteiger partial charge in [-0.1, -0.05) is 0 Å². The van der Waals surface area contributed by atoms with E-state index in [2.05, 4.69) is 4.72 Å². The molecule has 3 rings (SSSR count). The second-order valence-corrected chi connectivity index (χ2v) is 11.6. The van der Waals surface area contributed by atoms with Crippen molar-refractivity contribution in [2.75, 3.05) is 46.2 Å². The number of methoxy groups -OCH3 is 1. The average molecular weight is 518 g/mol. The SMILES string of the molecule is CCOC(=O)C1CC(NS(C)(=O)=O)CN1CC1CCC2CN(C(=O)OC)C(C(=O)OCC)CC2C1. The van der Waals surface area contributed by atoms with Gasteiger partial charge >= 0.3 is 18.0 Å². The van der Waals surface area contributed by atoms with E-state index in [1.54, 1.807) is 13.8 Å². The van der Waals surface area contributed by atoms with Crippen molar-refractivity contribution in [1.82, 2.24) is 14.5 Å². The number of esters is 2. The number of carbonyl (C=O) groups excluding carboxylic acids is 3. The van der Waals surface area contributed by atoms with Crippen LogP contribution in [0.1, 0.15) is 46.0 Å². The highest BCUT2D eigenvalue weighted by molar-refractivity contribution is 7.88. The average Bonchev–Trinajstić information content (AvgIpc) is 3.18. The summed E-state index contributed by atoms with van der Waals surface area (Å²) in [6.45, 7) is 5.57. The largest absolute Gasteiger partial charge is 0.465 e. The van der Waals surface area contributed by atoms with Gasteiger partial charge in [0.1, 0.15) is 12.1 Å². The van der Waals surface area contributed by atoms with Crippen molar-refractivity contribution < 1.29 is 37.0 Å². The van der Waals surface area contributed by atoms with Gasteiger partial charge in [0.15, 0.2) is 0 Å². The number of sulfonamides is 1. The number of amides is 1. The highest BCUT2D eigenvalue weighted by atomic mass is 32.2. The van der Waals surface area contributed by atoms with Gasteiger partial charge < -0.3 is 14.2 Å². The number of nitrogens with zero attached hydrogens (tertiary/aromatic N) is 2. The van der Waals surface area contributed by atoms with Crippen molar-refractivity contribution in [3.8, 4) is 0 Å². The van der Waals surface area contributed by atoms with Gasteiger partial charge in [0.05, 0.1) is 26.6 Å². The molecule has 0 aromatic heterocycles. The van der Waals surface area contributed by atoms with E-state index in [4.69, 9.17) is 14.2 Å². The third kappa shape index (κ3) is 7.07. The Kier molecular flexibility index (Phi) is 9.39. The molecule has 12 heteroatoms. The zero-order chi connectivity index (χ0) is 25.8. The summed E-state index contributed by atoms with van der Waals surface area (Å²) in [4.78, 5) is 41.1. The predicted octanol–water partition coefficient (Wildman–Crippen LogP) is 0.978. The number of fused-ring (bicyclic) bond motifs is 1. The first-order valence-electron chi connectivity index (χ1n) is 12.4. The number of carbonyl (C=O) groups is 3. The highest BCUT2D eigenvalue weighted by Crippen LogP contribution is 2.42. The van der Waals surface area contributed by atoms with Crippen molar-refractivity contribution in [3.05, 3.63) is 0 Å². The lowest BCUT2D eigenvalue weighted by Gasteiger charge is -2.46. The lowest BCUT2D eigenvalue weighted by molar-refractivity contribution is -0.153. The summed E-state index contributed by atoms with van der Waals surface area (Å²) in [5.41, 5.74) is 0. The molecule has 1 saturated carbocycles. The predicted molar refractivity (Wildman–Crippen MR) is 127 cm³/mol. The lowest BCUT2D eigenvalue weighted by atomic mass is 9.69. The van der Waals surface area contributed by atoms with Gasteiger partial charge in [-0.25, -0.2) is 22.7 Å². The Bertz CT molecular complexity index is 882. The van der Waals surface area contributed by atoms with Crippen LogP contribution < -0.4 is 4.72 Å². The molecule has 1 aliphatic carbocycles. The summed E-state index contributed by atoms with van der Waals surface area (Å²) in [6.07, 6.45) is 4.21. The van der Waals surface area contributed by atoms with Gasteiger partial charge in [0.25, 0.3) is 0 Å². The molecule has 3 fully saturated rings. The van der Waals surface area contributed by atoms with E-state index in [0.717, 1.165) is 25.5 Å². The fourth-order valence-corrected chi connectivity index (χ4v) is 6.78. The lowest BCUT2D eigenvalue weighted by Crippen LogP contribution is -2.55. The zero-order valence-electron chi connectivity index (χ0n) is 21.1. The minimum absolute atomic E-state index is 0.244. The van der Waals surface area contributed by atoms with E-state index in [9.17, 15) is 22.8 Å². The fourth-order valence-electron chi connectivity index (χ4n) is 6.00. The second-order valence-electron chi connectivity index (χ2n) is 9.87. The molecular formula is C23H39N3O8S. The molecule has 3 aliphatic rings. The molecule has 2 heterocycles. The van der Waals surface area contributed by atoms with Crippen LogP contribution in [0.3, 0.4) is 0 Å². The van der Waals surface area contributed by atoms with E-state index in [-0.39, 0.29) is 43.0 Å². The van der Waals surface area contributed by atoms with Crippen LogP contribution >= 0.6 is 0 Å². The van der Waals surface area contributed by atoms with Crippen LogP contribution in [0.2, 0.25) is 0 Å². The molecule has 200 valence electrons. The quantitative estimate of drug-likeness (QED) is 0.370. The zero-order valence-corrected chi connectivity index (χ0v) is 21.9. The van der Waals surface area contributed by atoms with E-state index < -0.39 is 34.2 Å². The standard InChI is InChI=1S/C23H39N3O8S/c1-5-33-21(27)19-11-18(24-35(4,30)31)14-25(19)12-15-7-8-16-13-26(23(29)32-3)20(10-17(16)9-15)22(28)34-6-2/h15-20,24H,5-14H2,1-4H3. The van der Waals surface area contributed by atoms with Crippen LogP contribution in [0.15, 0.2) is 0 Å². The smallest absolute Gasteiger partial charge is 0.410 e. The van der Waals surface area contributed by atoms with Crippen LogP contribution in [0, 0.1) is 17.8 Å². The van der Waals surface area contributed by atoms with Crippen molar-refractivity contribution in [1.29, 1.82) is 0 Å². The van der Waals surface area contributed by atoms with Crippen LogP contribution in [-0.2, 0) is 33.8 Å². The molecule has 0 spiro atoms. The maximum Gasteiger partial charge on any atom is 0.410 e. The Morgan fingerprint density at radius 3 is 2.17 bits per heavy atom. The van der Waals surface area contributed by atoms with Gasteiger partial charge in [-0.15, -0.1) is 0 Å². The van der Waals surface area contributed by atoms with Gasteiger partial charge in [-0.2, -0.15) is 0 Å². The normalized spacial score (nSPS) is 31.5. The van der Waals surface area contributed by atoms with Gasteiger partial charge in [-0.05, 0) is 63.7 Å². The Morgan fingerprint density at radius 1 is 0.914 bits per heavy atom. The van der Waals surface area contributed by atoms with Crippen molar-refractivity contribution in [2.45, 2.75) is 64.1 Å². The molecule has 0 aromatic rings. The van der Waals surface area contributed by atoms with E-state index in [0.29, 0.717) is 32.5 Å². The van der Waals surface area contributed by atoms with Crippen LogP contribution in [0.4, 0.5) is 4.79 Å². The van der Waals surface area contributed by atoms with Crippen molar-refractivity contribution in [3.63, 3.8) is 0 Å². The van der Waals surface area contributed by atoms with E-state index >= 15 is 0 Å². The topological polar surface area (TPSA) is 132 Å². The molecule has 0 aromatic carbocycles. The number of piperidine rings is 1. The first-order valence-corrected chi connectivity index (χ1v) is 14.3. The van der Waals surface area contributed by atoms with E-state index in [1.807, 2.05) is 4.90 Å². The molecule has 35 heavy (non-hydrogen) atoms. The first kappa shape index (κ1) is 27.7. The Hall–Kier alpha value is -1.92. The molecule has 0 radical (unpaired) electrons. The third-order valence-corrected chi connectivity index (χ3v) is 8.15. The van der Waals surface area contributed by atoms with Crippen molar-refractivity contribution in [2.24, 2.45) is 17.8 Å². The van der Waals surface area contributed by atoms with Crippen LogP contribution in [-0.4, -0.2) is 101 Å². The first-order chi connectivity index (χ1) is 16.6. The minimum Gasteiger partial charge on any atom is -0.465 e. The monoisotopic (exact) mass is 517 g/mol. The molecule has 2 saturated heterocycles. The molecule has 1 N–H and O–H groups in total. The fraction of sp³-hybridized carbons (Fsp3) is 0.870. The molecule has 6 unspecified atom stereocenters. The highest BCUT2D eigenvalue weighted by Gasteiger charge is 2.46. The molecule has 11 nitrogen and oxygen atoms in total. The second kappa shape index (κ2) is 11.9. The summed E-state index contributed by atoms with van der Waals surface area (Å²) >= 11 is 0. The third-order valence-electron chi connectivity index (χ3n) is 7.39. The van der Waals surface area contributed by atoms with E-state index in [1.165, 1.54) is 12.0 Å². The Balaban J connectivity index is 1.68. The Labute approximate surface area is 207 Å². The van der Waals surface area contributed by atoms with Gasteiger partial charge in [0.2, 0.25) is 10.0 Å². The minimum atomic E-state index is -3.39. The molecule has 1 amide bonds. The van der Waals surface area contributed by atoms with Crippen LogP contribution in [0.5, 0.6) is 0 Å². The summed E-state index contributed by atoms with van der Waals surface area (Å²) < 4.78 is 41.5. The van der Waals surface area contributed by atoms with Gasteiger partial charge in [-0.3, -0.25) is 14.6 Å². The summed E-state index contributed by atoms with van der Waals surface area (Å²) in [7, 11) is -2.07. The summed E-state index contributed by atoms with van der Waals surface area (Å²) in [5, 5.41) is 0. The number of likely N-dealkylation sites (tertiary alicyclic amines) is 2. The molecule has 2 aliphatic heterocycles. The molecule has 6 atom stereocenters. The number of rotatable bonds is 8. The van der Waals surface area contributed by atoms with Crippen LogP contribution in [0.25, 0.3) is 0 Å². The molecular weight excluding hydrogens is 478 g/mol. The summed E-state index contributed by atoms with van der Waals surface area (Å²) in [5.74, 6) is 0.0771. The number of hydrogen-bond acceptors (Lipinski definition) is 9. The number of hydrogen-bond donors (Lipinski definition) is 1. The van der Waals surface area contributed by atoms with Gasteiger partial charge in [0, 0.05) is 25.7 Å². The molecule has 0 bridgehead atoms. The summed E-state index contributed by atoms with van der Waals surface area (Å²) in [6, 6.07) is -1.49. The number of ether oxygens (including phenoxy) is 3. The maximum atomic E-state index is 12.6. The Morgan fingerprint density at radius 2 is 1.57 bits per heavy atom.